The van der Waals surface area contributed by atoms with Crippen molar-refractivity contribution in [2.45, 2.75) is 38.5 Å². The van der Waals surface area contributed by atoms with Crippen LogP contribution in [0.25, 0.3) is 0 Å². The Balaban J connectivity index is 1.78. The van der Waals surface area contributed by atoms with Crippen molar-refractivity contribution in [2.24, 2.45) is 11.7 Å². The molecular weight excluding hydrogens is 266 g/mol. The molecule has 1 fully saturated rings. The van der Waals surface area contributed by atoms with E-state index in [1.54, 1.807) is 24.3 Å². The summed E-state index contributed by atoms with van der Waals surface area (Å²) in [4.78, 5) is 23.1. The normalized spacial score (nSPS) is 15.4. The number of amides is 3. The Kier molecular flexibility index (Phi) is 5.60. The van der Waals surface area contributed by atoms with Gasteiger partial charge in [-0.25, -0.2) is 4.79 Å². The van der Waals surface area contributed by atoms with Gasteiger partial charge in [-0.2, -0.15) is 0 Å². The first-order valence-electron chi connectivity index (χ1n) is 7.60. The fourth-order valence-electron chi connectivity index (χ4n) is 2.84. The van der Waals surface area contributed by atoms with Gasteiger partial charge in [0.05, 0.1) is 11.3 Å². The van der Waals surface area contributed by atoms with Crippen molar-refractivity contribution in [2.75, 3.05) is 11.9 Å². The zero-order valence-corrected chi connectivity index (χ0v) is 12.2. The second-order valence-electron chi connectivity index (χ2n) is 5.58. The molecule has 1 saturated carbocycles. The molecule has 3 amide bonds. The van der Waals surface area contributed by atoms with Gasteiger partial charge in [0.25, 0.3) is 5.91 Å². The molecule has 114 valence electrons. The highest BCUT2D eigenvalue weighted by Crippen LogP contribution is 2.25. The largest absolute Gasteiger partial charge is 0.366 e. The molecule has 0 aromatic heterocycles. The molecule has 5 nitrogen and oxygen atoms in total. The maximum atomic E-state index is 11.9. The van der Waals surface area contributed by atoms with Crippen LogP contribution in [-0.2, 0) is 0 Å². The lowest BCUT2D eigenvalue weighted by molar-refractivity contribution is 0.100. The number of nitrogens with one attached hydrogen (secondary N) is 2. The Morgan fingerprint density at radius 2 is 1.86 bits per heavy atom. The number of anilines is 1. The molecule has 0 spiro atoms. The highest BCUT2D eigenvalue weighted by molar-refractivity contribution is 6.02. The zero-order valence-electron chi connectivity index (χ0n) is 12.2. The Labute approximate surface area is 125 Å². The molecule has 0 unspecified atom stereocenters. The van der Waals surface area contributed by atoms with Crippen molar-refractivity contribution in [3.8, 4) is 0 Å². The second-order valence-corrected chi connectivity index (χ2v) is 5.58. The molecule has 0 atom stereocenters. The van der Waals surface area contributed by atoms with Gasteiger partial charge in [-0.1, -0.05) is 44.2 Å². The third kappa shape index (κ3) is 4.77. The Morgan fingerprint density at radius 1 is 1.14 bits per heavy atom. The molecule has 1 aliphatic rings. The standard InChI is InChI=1S/C16H23N3O2/c17-15(20)13-8-4-5-9-14(13)19-16(21)18-11-10-12-6-2-1-3-7-12/h4-5,8-9,12H,1-3,6-7,10-11H2,(H2,17,20)(H2,18,19,21). The highest BCUT2D eigenvalue weighted by Gasteiger charge is 2.14. The first kappa shape index (κ1) is 15.4. The molecule has 21 heavy (non-hydrogen) atoms. The number of rotatable bonds is 5. The number of benzene rings is 1. The van der Waals surface area contributed by atoms with Crippen molar-refractivity contribution < 1.29 is 9.59 Å². The van der Waals surface area contributed by atoms with E-state index < -0.39 is 5.91 Å². The fraction of sp³-hybridized carbons (Fsp3) is 0.500. The van der Waals surface area contributed by atoms with Gasteiger partial charge in [0.1, 0.15) is 0 Å². The third-order valence-electron chi connectivity index (χ3n) is 4.00. The van der Waals surface area contributed by atoms with E-state index in [1.165, 1.54) is 32.1 Å². The van der Waals surface area contributed by atoms with Gasteiger partial charge < -0.3 is 16.4 Å². The summed E-state index contributed by atoms with van der Waals surface area (Å²) < 4.78 is 0. The molecule has 2 rings (SSSR count). The van der Waals surface area contributed by atoms with Gasteiger partial charge in [0.15, 0.2) is 0 Å². The van der Waals surface area contributed by atoms with E-state index in [1.807, 2.05) is 0 Å². The SMILES string of the molecule is NC(=O)c1ccccc1NC(=O)NCCC1CCCCC1. The monoisotopic (exact) mass is 289 g/mol. The lowest BCUT2D eigenvalue weighted by atomic mass is 9.87. The van der Waals surface area contributed by atoms with Crippen molar-refractivity contribution in [1.29, 1.82) is 0 Å². The predicted octanol–water partition coefficient (Wildman–Crippen LogP) is 2.88. The molecule has 0 heterocycles. The fourth-order valence-corrected chi connectivity index (χ4v) is 2.84. The van der Waals surface area contributed by atoms with Crippen LogP contribution in [0.15, 0.2) is 24.3 Å². The Bertz CT molecular complexity index is 496. The quantitative estimate of drug-likeness (QED) is 0.778. The van der Waals surface area contributed by atoms with E-state index in [0.717, 1.165) is 12.3 Å². The van der Waals surface area contributed by atoms with E-state index in [9.17, 15) is 9.59 Å². The van der Waals surface area contributed by atoms with Gasteiger partial charge in [0.2, 0.25) is 0 Å². The van der Waals surface area contributed by atoms with Crippen molar-refractivity contribution in [1.82, 2.24) is 5.32 Å². The predicted molar refractivity (Wildman–Crippen MR) is 83.2 cm³/mol. The van der Waals surface area contributed by atoms with Crippen LogP contribution < -0.4 is 16.4 Å². The third-order valence-corrected chi connectivity index (χ3v) is 4.00. The minimum atomic E-state index is -0.548. The van der Waals surface area contributed by atoms with Crippen molar-refractivity contribution in [3.05, 3.63) is 29.8 Å². The van der Waals surface area contributed by atoms with Crippen LogP contribution in [0.1, 0.15) is 48.9 Å². The number of hydrogen-bond acceptors (Lipinski definition) is 2. The smallest absolute Gasteiger partial charge is 0.319 e. The Morgan fingerprint density at radius 3 is 2.57 bits per heavy atom. The van der Waals surface area contributed by atoms with Crippen LogP contribution in [0, 0.1) is 5.92 Å². The summed E-state index contributed by atoms with van der Waals surface area (Å²) in [5.74, 6) is 0.185. The molecule has 0 bridgehead atoms. The van der Waals surface area contributed by atoms with E-state index in [0.29, 0.717) is 17.8 Å². The molecule has 0 aliphatic heterocycles. The number of primary amides is 1. The van der Waals surface area contributed by atoms with Crippen LogP contribution in [0.5, 0.6) is 0 Å². The van der Waals surface area contributed by atoms with Crippen LogP contribution in [0.2, 0.25) is 0 Å². The molecule has 1 aromatic rings. The number of para-hydroxylation sites is 1. The molecule has 0 saturated heterocycles. The number of nitrogens with two attached hydrogens (primary N) is 1. The lowest BCUT2D eigenvalue weighted by Gasteiger charge is -2.21. The maximum absolute atomic E-state index is 11.9. The van der Waals surface area contributed by atoms with Gasteiger partial charge in [-0.3, -0.25) is 4.79 Å². The average molecular weight is 289 g/mol. The number of carbonyl (C=O) groups is 2. The first-order chi connectivity index (χ1) is 10.2. The van der Waals surface area contributed by atoms with E-state index in [-0.39, 0.29) is 6.03 Å². The van der Waals surface area contributed by atoms with Crippen molar-refractivity contribution >= 4 is 17.6 Å². The molecule has 4 N–H and O–H groups in total. The minimum Gasteiger partial charge on any atom is -0.366 e. The van der Waals surface area contributed by atoms with Gasteiger partial charge in [0, 0.05) is 6.54 Å². The van der Waals surface area contributed by atoms with Gasteiger partial charge in [-0.15, -0.1) is 0 Å². The lowest BCUT2D eigenvalue weighted by Crippen LogP contribution is -2.31. The highest BCUT2D eigenvalue weighted by atomic mass is 16.2. The topological polar surface area (TPSA) is 84.2 Å². The minimum absolute atomic E-state index is 0.292. The van der Waals surface area contributed by atoms with Crippen LogP contribution >= 0.6 is 0 Å². The molecular formula is C16H23N3O2. The molecule has 0 radical (unpaired) electrons. The maximum Gasteiger partial charge on any atom is 0.319 e. The first-order valence-corrected chi connectivity index (χ1v) is 7.60. The number of carbonyl (C=O) groups excluding carboxylic acids is 2. The molecule has 1 aliphatic carbocycles. The van der Waals surface area contributed by atoms with Gasteiger partial charge in [-0.05, 0) is 24.5 Å². The zero-order chi connectivity index (χ0) is 15.1. The van der Waals surface area contributed by atoms with E-state index in [4.69, 9.17) is 5.73 Å². The summed E-state index contributed by atoms with van der Waals surface area (Å²) in [6, 6.07) is 6.44. The summed E-state index contributed by atoms with van der Waals surface area (Å²) in [5, 5.41) is 5.52. The number of hydrogen-bond donors (Lipinski definition) is 3. The molecule has 5 heteroatoms. The van der Waals surface area contributed by atoms with Crippen molar-refractivity contribution in [3.63, 3.8) is 0 Å². The van der Waals surface area contributed by atoms with E-state index in [2.05, 4.69) is 10.6 Å². The van der Waals surface area contributed by atoms with Crippen LogP contribution in [-0.4, -0.2) is 18.5 Å². The summed E-state index contributed by atoms with van der Waals surface area (Å²) in [5.41, 5.74) is 6.04. The van der Waals surface area contributed by atoms with Crippen LogP contribution in [0.4, 0.5) is 10.5 Å². The summed E-state index contributed by atoms with van der Waals surface area (Å²) in [7, 11) is 0. The summed E-state index contributed by atoms with van der Waals surface area (Å²) >= 11 is 0. The van der Waals surface area contributed by atoms with Gasteiger partial charge >= 0.3 is 6.03 Å². The Hall–Kier alpha value is -2.04. The summed E-state index contributed by atoms with van der Waals surface area (Å²) in [6.45, 7) is 0.662. The second kappa shape index (κ2) is 7.67. The summed E-state index contributed by atoms with van der Waals surface area (Å²) in [6.07, 6.45) is 7.52. The van der Waals surface area contributed by atoms with Crippen LogP contribution in [0.3, 0.4) is 0 Å². The van der Waals surface area contributed by atoms with E-state index >= 15 is 0 Å². The number of urea groups is 1. The molecule has 1 aromatic carbocycles. The average Bonchev–Trinajstić information content (AvgIpc) is 2.48.